The van der Waals surface area contributed by atoms with Gasteiger partial charge in [-0.2, -0.15) is 0 Å². The lowest BCUT2D eigenvalue weighted by molar-refractivity contribution is 0.123. The molecule has 5 rings (SSSR count). The lowest BCUT2D eigenvalue weighted by Crippen LogP contribution is -2.50. The SMILES string of the molecule is COc1ccc2c(c1)C(C)(C)[C@@H]1COc3cc(OCc4ccccc4)ccc3[C@H]1N2C. The lowest BCUT2D eigenvalue weighted by Gasteiger charge is -2.52. The first-order valence-electron chi connectivity index (χ1n) is 10.8. The molecule has 0 N–H and O–H groups in total. The Hall–Kier alpha value is -3.14. The molecule has 0 bridgehead atoms. The summed E-state index contributed by atoms with van der Waals surface area (Å²) >= 11 is 0. The zero-order valence-corrected chi connectivity index (χ0v) is 18.6. The van der Waals surface area contributed by atoms with Crippen molar-refractivity contribution in [3.63, 3.8) is 0 Å². The molecule has 0 radical (unpaired) electrons. The Bertz CT molecular complexity index is 1090. The van der Waals surface area contributed by atoms with Gasteiger partial charge in [-0.1, -0.05) is 44.2 Å². The van der Waals surface area contributed by atoms with Crippen LogP contribution in [0.3, 0.4) is 0 Å². The van der Waals surface area contributed by atoms with Gasteiger partial charge in [0.25, 0.3) is 0 Å². The van der Waals surface area contributed by atoms with Crippen molar-refractivity contribution in [3.05, 3.63) is 83.4 Å². The number of hydrogen-bond acceptors (Lipinski definition) is 4. The molecule has 0 fully saturated rings. The molecule has 4 nitrogen and oxygen atoms in total. The van der Waals surface area contributed by atoms with E-state index >= 15 is 0 Å². The average Bonchev–Trinajstić information content (AvgIpc) is 2.81. The van der Waals surface area contributed by atoms with Gasteiger partial charge in [0.1, 0.15) is 23.9 Å². The van der Waals surface area contributed by atoms with Crippen LogP contribution < -0.4 is 19.1 Å². The summed E-state index contributed by atoms with van der Waals surface area (Å²) in [5.74, 6) is 2.99. The summed E-state index contributed by atoms with van der Waals surface area (Å²) in [5, 5.41) is 0. The Morgan fingerprint density at radius 3 is 2.55 bits per heavy atom. The van der Waals surface area contributed by atoms with Crippen LogP contribution in [-0.4, -0.2) is 20.8 Å². The third-order valence-corrected chi connectivity index (χ3v) is 6.97. The van der Waals surface area contributed by atoms with Crippen LogP contribution in [0.1, 0.15) is 36.6 Å². The Labute approximate surface area is 184 Å². The third kappa shape index (κ3) is 3.31. The van der Waals surface area contributed by atoms with Crippen molar-refractivity contribution in [2.24, 2.45) is 5.92 Å². The Balaban J connectivity index is 1.47. The fourth-order valence-electron chi connectivity index (χ4n) is 5.10. The molecule has 2 aliphatic heterocycles. The Kier molecular flexibility index (Phi) is 4.81. The summed E-state index contributed by atoms with van der Waals surface area (Å²) in [7, 11) is 3.91. The molecule has 0 aromatic heterocycles. The second kappa shape index (κ2) is 7.52. The van der Waals surface area contributed by atoms with E-state index < -0.39 is 0 Å². The fraction of sp³-hybridized carbons (Fsp3) is 0.333. The van der Waals surface area contributed by atoms with E-state index in [-0.39, 0.29) is 11.5 Å². The van der Waals surface area contributed by atoms with E-state index in [0.29, 0.717) is 19.1 Å². The molecule has 0 unspecified atom stereocenters. The molecule has 0 saturated heterocycles. The van der Waals surface area contributed by atoms with Gasteiger partial charge in [0.2, 0.25) is 0 Å². The van der Waals surface area contributed by atoms with E-state index in [1.807, 2.05) is 30.3 Å². The number of benzene rings is 3. The predicted molar refractivity (Wildman–Crippen MR) is 123 cm³/mol. The number of rotatable bonds is 4. The second-order valence-corrected chi connectivity index (χ2v) is 9.05. The maximum atomic E-state index is 6.30. The fourth-order valence-corrected chi connectivity index (χ4v) is 5.10. The Morgan fingerprint density at radius 2 is 1.77 bits per heavy atom. The number of fused-ring (bicyclic) bond motifs is 4. The summed E-state index contributed by atoms with van der Waals surface area (Å²) in [5.41, 5.74) is 4.90. The minimum Gasteiger partial charge on any atom is -0.497 e. The molecule has 3 aromatic rings. The zero-order valence-electron chi connectivity index (χ0n) is 18.6. The quantitative estimate of drug-likeness (QED) is 0.543. The smallest absolute Gasteiger partial charge is 0.128 e. The van der Waals surface area contributed by atoms with E-state index in [9.17, 15) is 0 Å². The van der Waals surface area contributed by atoms with Crippen LogP contribution in [0.5, 0.6) is 17.2 Å². The largest absolute Gasteiger partial charge is 0.497 e. The van der Waals surface area contributed by atoms with Crippen molar-refractivity contribution in [2.75, 3.05) is 25.7 Å². The third-order valence-electron chi connectivity index (χ3n) is 6.97. The van der Waals surface area contributed by atoms with Crippen LogP contribution in [-0.2, 0) is 12.0 Å². The number of nitrogens with zero attached hydrogens (tertiary/aromatic N) is 1. The average molecular weight is 416 g/mol. The van der Waals surface area contributed by atoms with Gasteiger partial charge >= 0.3 is 0 Å². The first kappa shape index (κ1) is 19.8. The van der Waals surface area contributed by atoms with Crippen LogP contribution >= 0.6 is 0 Å². The van der Waals surface area contributed by atoms with Gasteiger partial charge in [-0.05, 0) is 41.5 Å². The highest BCUT2D eigenvalue weighted by Crippen LogP contribution is 2.55. The minimum absolute atomic E-state index is 0.0405. The summed E-state index contributed by atoms with van der Waals surface area (Å²) < 4.78 is 17.8. The van der Waals surface area contributed by atoms with Gasteiger partial charge in [-0.15, -0.1) is 0 Å². The van der Waals surface area contributed by atoms with E-state index in [4.69, 9.17) is 14.2 Å². The molecule has 2 aliphatic rings. The van der Waals surface area contributed by atoms with Gasteiger partial charge in [0, 0.05) is 35.7 Å². The van der Waals surface area contributed by atoms with Crippen molar-refractivity contribution in [1.82, 2.24) is 0 Å². The highest BCUT2D eigenvalue weighted by Gasteiger charge is 2.48. The van der Waals surface area contributed by atoms with Crippen molar-refractivity contribution in [1.29, 1.82) is 0 Å². The lowest BCUT2D eigenvalue weighted by atomic mass is 9.64. The number of ether oxygens (including phenoxy) is 3. The van der Waals surface area contributed by atoms with Crippen LogP contribution in [0, 0.1) is 5.92 Å². The van der Waals surface area contributed by atoms with Crippen molar-refractivity contribution in [3.8, 4) is 17.2 Å². The Morgan fingerprint density at radius 1 is 1.00 bits per heavy atom. The monoisotopic (exact) mass is 415 g/mol. The summed E-state index contributed by atoms with van der Waals surface area (Å²) in [6.07, 6.45) is 0. The molecule has 3 aromatic carbocycles. The maximum absolute atomic E-state index is 6.30. The van der Waals surface area contributed by atoms with E-state index in [1.165, 1.54) is 16.8 Å². The van der Waals surface area contributed by atoms with Gasteiger partial charge in [0.15, 0.2) is 0 Å². The normalized spacial score (nSPS) is 20.7. The van der Waals surface area contributed by atoms with E-state index in [1.54, 1.807) is 7.11 Å². The zero-order chi connectivity index (χ0) is 21.6. The maximum Gasteiger partial charge on any atom is 0.128 e. The topological polar surface area (TPSA) is 30.9 Å². The van der Waals surface area contributed by atoms with Crippen molar-refractivity contribution >= 4 is 5.69 Å². The van der Waals surface area contributed by atoms with Crippen molar-refractivity contribution < 1.29 is 14.2 Å². The van der Waals surface area contributed by atoms with E-state index in [0.717, 1.165) is 22.8 Å². The summed E-state index contributed by atoms with van der Waals surface area (Å²) in [6, 6.07) is 23.2. The van der Waals surface area contributed by atoms with E-state index in [2.05, 4.69) is 62.2 Å². The van der Waals surface area contributed by atoms with Crippen LogP contribution in [0.2, 0.25) is 0 Å². The van der Waals surface area contributed by atoms with Crippen LogP contribution in [0.4, 0.5) is 5.69 Å². The van der Waals surface area contributed by atoms with Gasteiger partial charge in [-0.25, -0.2) is 0 Å². The second-order valence-electron chi connectivity index (χ2n) is 9.05. The first-order valence-corrected chi connectivity index (χ1v) is 10.8. The molecule has 0 saturated carbocycles. The number of hydrogen-bond donors (Lipinski definition) is 0. The number of anilines is 1. The standard InChI is InChI=1S/C27H29NO3/c1-27(2)22-14-19(29-4)11-13-24(22)28(3)26-21-12-10-20(15-25(21)31-17-23(26)27)30-16-18-8-6-5-7-9-18/h5-15,23,26H,16-17H2,1-4H3/t23-,26-/m1/s1. The van der Waals surface area contributed by atoms with Gasteiger partial charge in [0.05, 0.1) is 19.8 Å². The first-order chi connectivity index (χ1) is 15.0. The molecule has 2 heterocycles. The molecular formula is C27H29NO3. The molecule has 0 aliphatic carbocycles. The van der Waals surface area contributed by atoms with Crippen molar-refractivity contribution in [2.45, 2.75) is 31.9 Å². The molecule has 0 spiro atoms. The predicted octanol–water partition coefficient (Wildman–Crippen LogP) is 5.75. The summed E-state index contributed by atoms with van der Waals surface area (Å²) in [6.45, 7) is 5.87. The molecular weight excluding hydrogens is 386 g/mol. The molecule has 31 heavy (non-hydrogen) atoms. The molecule has 0 amide bonds. The van der Waals surface area contributed by atoms with Gasteiger partial charge in [-0.3, -0.25) is 0 Å². The summed E-state index contributed by atoms with van der Waals surface area (Å²) in [4.78, 5) is 2.40. The van der Waals surface area contributed by atoms with Crippen LogP contribution in [0.25, 0.3) is 0 Å². The molecule has 4 heteroatoms. The van der Waals surface area contributed by atoms with Crippen LogP contribution in [0.15, 0.2) is 66.7 Å². The highest BCUT2D eigenvalue weighted by molar-refractivity contribution is 5.64. The van der Waals surface area contributed by atoms with Gasteiger partial charge < -0.3 is 19.1 Å². The molecule has 160 valence electrons. The highest BCUT2D eigenvalue weighted by atomic mass is 16.5. The minimum atomic E-state index is -0.0405. The molecule has 2 atom stereocenters. The number of methoxy groups -OCH3 is 1.